The molecule has 3 aromatic carbocycles. The lowest BCUT2D eigenvalue weighted by Crippen LogP contribution is -2.33. The summed E-state index contributed by atoms with van der Waals surface area (Å²) in [6.45, 7) is 19.7. The van der Waals surface area contributed by atoms with Gasteiger partial charge in [0.1, 0.15) is 0 Å². The van der Waals surface area contributed by atoms with Crippen molar-refractivity contribution in [2.75, 3.05) is 13.1 Å². The molecule has 0 aliphatic carbocycles. The van der Waals surface area contributed by atoms with Gasteiger partial charge >= 0.3 is 0 Å². The molecule has 1 saturated heterocycles. The predicted octanol–water partition coefficient (Wildman–Crippen LogP) is 8.94. The smallest absolute Gasteiger partial charge is 0.0314 e. The first-order chi connectivity index (χ1) is 18.2. The van der Waals surface area contributed by atoms with Crippen LogP contribution in [0.5, 0.6) is 0 Å². The second kappa shape index (κ2) is 11.8. The standard InChI is InChI=1S/C37H45N/c1-8-37(9-2,33-15-14-31(28(5)25-33)18-19-36(7)20-22-38-23-21-36)34-16-17-35(29(6)26-34)32-12-10-30(11-13-32)24-27(3)4/h10-17,25-26,38H,3,8-9,20-24H2,1-2,4-7H3. The maximum Gasteiger partial charge on any atom is 0.0314 e. The molecule has 0 spiro atoms. The van der Waals surface area contributed by atoms with Crippen LogP contribution in [-0.2, 0) is 11.8 Å². The number of aryl methyl sites for hydroxylation is 2. The van der Waals surface area contributed by atoms with Gasteiger partial charge in [-0.25, -0.2) is 0 Å². The second-order valence-corrected chi connectivity index (χ2v) is 11.7. The molecule has 0 atom stereocenters. The lowest BCUT2D eigenvalue weighted by atomic mass is 9.69. The van der Waals surface area contributed by atoms with E-state index in [2.05, 4.69) is 126 Å². The summed E-state index contributed by atoms with van der Waals surface area (Å²) in [5.74, 6) is 7.16. The van der Waals surface area contributed by atoms with Crippen molar-refractivity contribution in [3.63, 3.8) is 0 Å². The minimum absolute atomic E-state index is 0.00757. The average molecular weight is 504 g/mol. The monoisotopic (exact) mass is 503 g/mol. The van der Waals surface area contributed by atoms with Crippen molar-refractivity contribution in [2.45, 2.75) is 79.1 Å². The first kappa shape index (κ1) is 27.9. The molecule has 0 amide bonds. The number of rotatable bonds is 7. The molecular formula is C37H45N. The number of benzene rings is 3. The molecule has 3 aromatic rings. The molecule has 0 unspecified atom stereocenters. The molecular weight excluding hydrogens is 458 g/mol. The van der Waals surface area contributed by atoms with E-state index in [-0.39, 0.29) is 10.8 Å². The highest BCUT2D eigenvalue weighted by Gasteiger charge is 2.31. The Morgan fingerprint density at radius 1 is 0.895 bits per heavy atom. The van der Waals surface area contributed by atoms with Gasteiger partial charge in [0.05, 0.1) is 0 Å². The molecule has 1 heterocycles. The third-order valence-electron chi connectivity index (χ3n) is 8.74. The van der Waals surface area contributed by atoms with E-state index < -0.39 is 0 Å². The zero-order chi connectivity index (χ0) is 27.3. The summed E-state index contributed by atoms with van der Waals surface area (Å²) in [6.07, 6.45) is 5.31. The molecule has 1 heteroatoms. The SMILES string of the molecule is C=C(C)Cc1ccc(-c2ccc(C(CC)(CC)c3ccc(C#CC4(C)CCNCC4)c(C)c3)cc2C)cc1. The number of hydrogen-bond donors (Lipinski definition) is 1. The molecule has 38 heavy (non-hydrogen) atoms. The van der Waals surface area contributed by atoms with Gasteiger partial charge in [0, 0.05) is 16.4 Å². The molecule has 0 aromatic heterocycles. The number of nitrogens with one attached hydrogen (secondary N) is 1. The Morgan fingerprint density at radius 2 is 1.50 bits per heavy atom. The van der Waals surface area contributed by atoms with Gasteiger partial charge in [0.25, 0.3) is 0 Å². The molecule has 1 fully saturated rings. The first-order valence-electron chi connectivity index (χ1n) is 14.4. The fraction of sp³-hybridized carbons (Fsp3) is 0.405. The van der Waals surface area contributed by atoms with Crippen LogP contribution in [0.1, 0.15) is 86.8 Å². The quantitative estimate of drug-likeness (QED) is 0.251. The average Bonchev–Trinajstić information content (AvgIpc) is 2.90. The summed E-state index contributed by atoms with van der Waals surface area (Å²) in [6, 6.07) is 23.1. The highest BCUT2D eigenvalue weighted by Crippen LogP contribution is 2.41. The molecule has 0 bridgehead atoms. The second-order valence-electron chi connectivity index (χ2n) is 11.7. The lowest BCUT2D eigenvalue weighted by molar-refractivity contribution is 0.315. The van der Waals surface area contributed by atoms with E-state index in [0.717, 1.165) is 50.8 Å². The summed E-state index contributed by atoms with van der Waals surface area (Å²) in [4.78, 5) is 0. The van der Waals surface area contributed by atoms with Crippen molar-refractivity contribution < 1.29 is 0 Å². The first-order valence-corrected chi connectivity index (χ1v) is 14.4. The molecule has 1 aliphatic heterocycles. The number of hydrogen-bond acceptors (Lipinski definition) is 1. The van der Waals surface area contributed by atoms with E-state index in [1.54, 1.807) is 0 Å². The van der Waals surface area contributed by atoms with Gasteiger partial charge in [-0.3, -0.25) is 0 Å². The highest BCUT2D eigenvalue weighted by atomic mass is 14.9. The Balaban J connectivity index is 1.64. The Bertz CT molecular complexity index is 1340. The van der Waals surface area contributed by atoms with E-state index in [9.17, 15) is 0 Å². The van der Waals surface area contributed by atoms with Crippen LogP contribution >= 0.6 is 0 Å². The fourth-order valence-electron chi connectivity index (χ4n) is 6.09. The summed E-state index contributed by atoms with van der Waals surface area (Å²) in [5.41, 5.74) is 11.8. The van der Waals surface area contributed by atoms with Crippen molar-refractivity contribution in [1.29, 1.82) is 0 Å². The molecule has 4 rings (SSSR count). The molecule has 0 saturated carbocycles. The van der Waals surface area contributed by atoms with Crippen LogP contribution in [0.25, 0.3) is 11.1 Å². The van der Waals surface area contributed by atoms with Crippen LogP contribution in [0, 0.1) is 31.1 Å². The third-order valence-corrected chi connectivity index (χ3v) is 8.74. The van der Waals surface area contributed by atoms with Gasteiger partial charge in [-0.2, -0.15) is 0 Å². The predicted molar refractivity (Wildman–Crippen MR) is 165 cm³/mol. The van der Waals surface area contributed by atoms with Gasteiger partial charge in [0.2, 0.25) is 0 Å². The molecule has 0 radical (unpaired) electrons. The van der Waals surface area contributed by atoms with Crippen LogP contribution in [0.15, 0.2) is 72.8 Å². The Morgan fingerprint density at radius 3 is 2.05 bits per heavy atom. The van der Waals surface area contributed by atoms with Crippen LogP contribution in [-0.4, -0.2) is 13.1 Å². The maximum atomic E-state index is 4.05. The van der Waals surface area contributed by atoms with Crippen LogP contribution in [0.3, 0.4) is 0 Å². The zero-order valence-electron chi connectivity index (χ0n) is 24.4. The van der Waals surface area contributed by atoms with Crippen LogP contribution in [0.4, 0.5) is 0 Å². The maximum absolute atomic E-state index is 4.05. The van der Waals surface area contributed by atoms with Crippen molar-refractivity contribution in [3.8, 4) is 23.0 Å². The van der Waals surface area contributed by atoms with Gasteiger partial charge in [-0.05, 0) is 118 Å². The van der Waals surface area contributed by atoms with Crippen molar-refractivity contribution in [3.05, 3.63) is 106 Å². The van der Waals surface area contributed by atoms with E-state index in [4.69, 9.17) is 0 Å². The topological polar surface area (TPSA) is 12.0 Å². The largest absolute Gasteiger partial charge is 0.317 e. The zero-order valence-corrected chi connectivity index (χ0v) is 24.4. The summed E-state index contributed by atoms with van der Waals surface area (Å²) < 4.78 is 0. The Labute approximate surface area is 231 Å². The van der Waals surface area contributed by atoms with E-state index in [1.165, 1.54) is 44.5 Å². The summed E-state index contributed by atoms with van der Waals surface area (Å²) in [5, 5.41) is 3.46. The van der Waals surface area contributed by atoms with E-state index in [0.29, 0.717) is 0 Å². The third kappa shape index (κ3) is 5.98. The molecule has 198 valence electrons. The summed E-state index contributed by atoms with van der Waals surface area (Å²) in [7, 11) is 0. The van der Waals surface area contributed by atoms with Gasteiger partial charge in [0.15, 0.2) is 0 Å². The molecule has 1 aliphatic rings. The normalized spacial score (nSPS) is 15.0. The number of allylic oxidation sites excluding steroid dienone is 1. The van der Waals surface area contributed by atoms with E-state index in [1.807, 2.05) is 0 Å². The Kier molecular flexibility index (Phi) is 8.64. The van der Waals surface area contributed by atoms with Crippen molar-refractivity contribution in [2.24, 2.45) is 5.41 Å². The minimum atomic E-state index is -0.00757. The van der Waals surface area contributed by atoms with Crippen LogP contribution < -0.4 is 5.32 Å². The van der Waals surface area contributed by atoms with Crippen LogP contribution in [0.2, 0.25) is 0 Å². The van der Waals surface area contributed by atoms with Gasteiger partial charge in [-0.1, -0.05) is 92.4 Å². The van der Waals surface area contributed by atoms with Crippen molar-refractivity contribution >= 4 is 0 Å². The van der Waals surface area contributed by atoms with Gasteiger partial charge < -0.3 is 5.32 Å². The van der Waals surface area contributed by atoms with Crippen molar-refractivity contribution in [1.82, 2.24) is 5.32 Å². The van der Waals surface area contributed by atoms with Gasteiger partial charge in [-0.15, -0.1) is 0 Å². The lowest BCUT2D eigenvalue weighted by Gasteiger charge is -2.34. The highest BCUT2D eigenvalue weighted by molar-refractivity contribution is 5.68. The molecule has 1 N–H and O–H groups in total. The van der Waals surface area contributed by atoms with E-state index >= 15 is 0 Å². The fourth-order valence-corrected chi connectivity index (χ4v) is 6.09. The Hall–Kier alpha value is -3.08. The summed E-state index contributed by atoms with van der Waals surface area (Å²) >= 11 is 0. The minimum Gasteiger partial charge on any atom is -0.317 e. The number of piperidine rings is 1. The molecule has 1 nitrogen and oxygen atoms in total.